The number of anilines is 2. The van der Waals surface area contributed by atoms with Crippen LogP contribution in [0.25, 0.3) is 0 Å². The van der Waals surface area contributed by atoms with Crippen molar-refractivity contribution in [2.75, 3.05) is 23.7 Å². The predicted molar refractivity (Wildman–Crippen MR) is 84.3 cm³/mol. The van der Waals surface area contributed by atoms with Crippen LogP contribution in [0.15, 0.2) is 42.5 Å². The molecule has 0 bridgehead atoms. The molecule has 100 valence electrons. The molecule has 0 aliphatic carbocycles. The molecule has 19 heavy (non-hydrogen) atoms. The molecule has 0 radical (unpaired) electrons. The third-order valence-electron chi connectivity index (χ3n) is 3.01. The van der Waals surface area contributed by atoms with Gasteiger partial charge in [0.1, 0.15) is 0 Å². The molecular weight excluding hydrogens is 256 g/mol. The van der Waals surface area contributed by atoms with Crippen molar-refractivity contribution in [1.29, 1.82) is 0 Å². The Morgan fingerprint density at radius 1 is 0.895 bits per heavy atom. The average Bonchev–Trinajstić information content (AvgIpc) is 2.40. The van der Waals surface area contributed by atoms with Crippen LogP contribution < -0.4 is 10.6 Å². The van der Waals surface area contributed by atoms with Gasteiger partial charge in [0.25, 0.3) is 0 Å². The molecule has 0 aliphatic heterocycles. The topological polar surface area (TPSA) is 24.1 Å². The Labute approximate surface area is 119 Å². The Hall–Kier alpha value is -1.67. The molecule has 2 aromatic carbocycles. The molecule has 0 unspecified atom stereocenters. The molecule has 0 saturated heterocycles. The van der Waals surface area contributed by atoms with Gasteiger partial charge in [0.05, 0.1) is 0 Å². The fourth-order valence-corrected chi connectivity index (χ4v) is 2.02. The fraction of sp³-hybridized carbons (Fsp3) is 0.250. The summed E-state index contributed by atoms with van der Waals surface area (Å²) in [5, 5.41) is 7.56. The average molecular weight is 275 g/mol. The highest BCUT2D eigenvalue weighted by Crippen LogP contribution is 2.16. The highest BCUT2D eigenvalue weighted by atomic mass is 35.5. The van der Waals surface area contributed by atoms with Gasteiger partial charge in [-0.2, -0.15) is 0 Å². The van der Waals surface area contributed by atoms with Crippen LogP contribution >= 0.6 is 11.6 Å². The molecule has 2 N–H and O–H groups in total. The number of aryl methyl sites for hydroxylation is 2. The summed E-state index contributed by atoms with van der Waals surface area (Å²) in [4.78, 5) is 0. The second-order valence-electron chi connectivity index (χ2n) is 4.68. The van der Waals surface area contributed by atoms with E-state index in [9.17, 15) is 0 Å². The van der Waals surface area contributed by atoms with Crippen molar-refractivity contribution in [1.82, 2.24) is 0 Å². The third-order valence-corrected chi connectivity index (χ3v) is 3.26. The molecule has 0 heterocycles. The largest absolute Gasteiger partial charge is 0.383 e. The molecule has 0 aromatic heterocycles. The van der Waals surface area contributed by atoms with Crippen LogP contribution in [-0.4, -0.2) is 13.1 Å². The van der Waals surface area contributed by atoms with Crippen LogP contribution in [0.5, 0.6) is 0 Å². The molecule has 2 rings (SSSR count). The Kier molecular flexibility index (Phi) is 4.69. The zero-order valence-corrected chi connectivity index (χ0v) is 12.1. The van der Waals surface area contributed by atoms with Crippen molar-refractivity contribution in [3.05, 3.63) is 58.6 Å². The predicted octanol–water partition coefficient (Wildman–Crippen LogP) is 4.48. The van der Waals surface area contributed by atoms with Crippen LogP contribution in [0.3, 0.4) is 0 Å². The van der Waals surface area contributed by atoms with Gasteiger partial charge < -0.3 is 10.6 Å². The molecule has 0 atom stereocenters. The Bertz CT molecular complexity index is 535. The summed E-state index contributed by atoms with van der Waals surface area (Å²) in [6.45, 7) is 5.98. The van der Waals surface area contributed by atoms with E-state index in [1.165, 1.54) is 16.8 Å². The van der Waals surface area contributed by atoms with Crippen LogP contribution in [0, 0.1) is 13.8 Å². The zero-order valence-electron chi connectivity index (χ0n) is 11.3. The Balaban J connectivity index is 1.80. The van der Waals surface area contributed by atoms with Crippen molar-refractivity contribution in [3.63, 3.8) is 0 Å². The zero-order chi connectivity index (χ0) is 13.7. The number of nitrogens with one attached hydrogen (secondary N) is 2. The van der Waals surface area contributed by atoms with E-state index in [4.69, 9.17) is 11.6 Å². The summed E-state index contributed by atoms with van der Waals surface area (Å²) in [7, 11) is 0. The van der Waals surface area contributed by atoms with E-state index in [0.717, 1.165) is 23.8 Å². The van der Waals surface area contributed by atoms with E-state index in [2.05, 4.69) is 42.7 Å². The SMILES string of the molecule is Cc1ccc(C)c(NCCNc2ccc(Cl)cc2)c1. The number of benzene rings is 2. The van der Waals surface area contributed by atoms with E-state index in [1.54, 1.807) is 0 Å². The van der Waals surface area contributed by atoms with Crippen LogP contribution in [-0.2, 0) is 0 Å². The van der Waals surface area contributed by atoms with Gasteiger partial charge in [-0.1, -0.05) is 23.7 Å². The molecular formula is C16H19ClN2. The van der Waals surface area contributed by atoms with Crippen LogP contribution in [0.2, 0.25) is 5.02 Å². The molecule has 2 nitrogen and oxygen atoms in total. The van der Waals surface area contributed by atoms with Crippen molar-refractivity contribution in [2.24, 2.45) is 0 Å². The lowest BCUT2D eigenvalue weighted by atomic mass is 10.1. The summed E-state index contributed by atoms with van der Waals surface area (Å²) < 4.78 is 0. The van der Waals surface area contributed by atoms with Crippen LogP contribution in [0.1, 0.15) is 11.1 Å². The maximum Gasteiger partial charge on any atom is 0.0407 e. The van der Waals surface area contributed by atoms with Crippen molar-refractivity contribution >= 4 is 23.0 Å². The van der Waals surface area contributed by atoms with Crippen molar-refractivity contribution < 1.29 is 0 Å². The Morgan fingerprint density at radius 3 is 2.32 bits per heavy atom. The minimum atomic E-state index is 0.763. The van der Waals surface area contributed by atoms with Crippen LogP contribution in [0.4, 0.5) is 11.4 Å². The fourth-order valence-electron chi connectivity index (χ4n) is 1.90. The number of hydrogen-bond acceptors (Lipinski definition) is 2. The highest BCUT2D eigenvalue weighted by Gasteiger charge is 1.97. The molecule has 3 heteroatoms. The van der Waals surface area contributed by atoms with E-state index in [1.807, 2.05) is 24.3 Å². The minimum absolute atomic E-state index is 0.763. The summed E-state index contributed by atoms with van der Waals surface area (Å²) in [5.41, 5.74) is 4.85. The van der Waals surface area contributed by atoms with Gasteiger partial charge in [0, 0.05) is 29.5 Å². The van der Waals surface area contributed by atoms with Gasteiger partial charge in [-0.15, -0.1) is 0 Å². The first-order chi connectivity index (χ1) is 9.15. The first kappa shape index (κ1) is 13.8. The summed E-state index contributed by atoms with van der Waals surface area (Å²) >= 11 is 5.85. The van der Waals surface area contributed by atoms with E-state index in [0.29, 0.717) is 0 Å². The Morgan fingerprint density at radius 2 is 1.58 bits per heavy atom. The first-order valence-corrected chi connectivity index (χ1v) is 6.83. The third kappa shape index (κ3) is 4.18. The van der Waals surface area contributed by atoms with E-state index < -0.39 is 0 Å². The molecule has 0 aliphatic rings. The first-order valence-electron chi connectivity index (χ1n) is 6.46. The van der Waals surface area contributed by atoms with Gasteiger partial charge in [0.2, 0.25) is 0 Å². The highest BCUT2D eigenvalue weighted by molar-refractivity contribution is 6.30. The lowest BCUT2D eigenvalue weighted by Crippen LogP contribution is -2.14. The standard InChI is InChI=1S/C16H19ClN2/c1-12-3-4-13(2)16(11-12)19-10-9-18-15-7-5-14(17)6-8-15/h3-8,11,18-19H,9-10H2,1-2H3. The van der Waals surface area contributed by atoms with E-state index >= 15 is 0 Å². The van der Waals surface area contributed by atoms with E-state index in [-0.39, 0.29) is 0 Å². The molecule has 0 fully saturated rings. The van der Waals surface area contributed by atoms with Gasteiger partial charge in [-0.05, 0) is 55.3 Å². The lowest BCUT2D eigenvalue weighted by Gasteiger charge is -2.11. The smallest absolute Gasteiger partial charge is 0.0407 e. The molecule has 0 spiro atoms. The maximum atomic E-state index is 5.85. The normalized spacial score (nSPS) is 10.3. The molecule has 0 amide bonds. The quantitative estimate of drug-likeness (QED) is 0.786. The number of hydrogen-bond donors (Lipinski definition) is 2. The second kappa shape index (κ2) is 6.48. The monoisotopic (exact) mass is 274 g/mol. The van der Waals surface area contributed by atoms with Gasteiger partial charge in [0.15, 0.2) is 0 Å². The summed E-state index contributed by atoms with van der Waals surface area (Å²) in [6.07, 6.45) is 0. The second-order valence-corrected chi connectivity index (χ2v) is 5.12. The molecule has 0 saturated carbocycles. The van der Waals surface area contributed by atoms with Gasteiger partial charge in [-0.25, -0.2) is 0 Å². The summed E-state index contributed by atoms with van der Waals surface area (Å²) in [6, 6.07) is 14.2. The van der Waals surface area contributed by atoms with Crippen molar-refractivity contribution in [3.8, 4) is 0 Å². The van der Waals surface area contributed by atoms with Gasteiger partial charge in [-0.3, -0.25) is 0 Å². The van der Waals surface area contributed by atoms with Gasteiger partial charge >= 0.3 is 0 Å². The van der Waals surface area contributed by atoms with Crippen molar-refractivity contribution in [2.45, 2.75) is 13.8 Å². The number of rotatable bonds is 5. The summed E-state index contributed by atoms with van der Waals surface area (Å²) in [5.74, 6) is 0. The maximum absolute atomic E-state index is 5.85. The molecule has 2 aromatic rings. The minimum Gasteiger partial charge on any atom is -0.383 e. The lowest BCUT2D eigenvalue weighted by molar-refractivity contribution is 1.07. The number of halogens is 1.